The highest BCUT2D eigenvalue weighted by Gasteiger charge is 2.15. The molecule has 1 N–H and O–H groups in total. The van der Waals surface area contributed by atoms with Crippen LogP contribution in [0, 0.1) is 5.92 Å². The molecule has 0 radical (unpaired) electrons. The molecule has 1 aromatic heterocycles. The monoisotopic (exact) mass is 239 g/mol. The Morgan fingerprint density at radius 3 is 2.71 bits per heavy atom. The summed E-state index contributed by atoms with van der Waals surface area (Å²) in [5.74, 6) is 1.61. The third kappa shape index (κ3) is 4.07. The summed E-state index contributed by atoms with van der Waals surface area (Å²) in [6.07, 6.45) is 5.00. The molecule has 2 atom stereocenters. The Morgan fingerprint density at radius 2 is 2.12 bits per heavy atom. The van der Waals surface area contributed by atoms with E-state index in [1.165, 1.54) is 25.7 Å². The van der Waals surface area contributed by atoms with Gasteiger partial charge in [0.25, 0.3) is 0 Å². The van der Waals surface area contributed by atoms with Crippen LogP contribution in [0.3, 0.4) is 0 Å². The van der Waals surface area contributed by atoms with Crippen molar-refractivity contribution in [2.75, 3.05) is 7.05 Å². The lowest BCUT2D eigenvalue weighted by Crippen LogP contribution is -2.21. The number of tetrazole rings is 1. The first-order valence-electron chi connectivity index (χ1n) is 6.66. The van der Waals surface area contributed by atoms with E-state index < -0.39 is 0 Å². The second kappa shape index (κ2) is 7.37. The van der Waals surface area contributed by atoms with Crippen molar-refractivity contribution in [1.82, 2.24) is 25.5 Å². The quantitative estimate of drug-likeness (QED) is 0.755. The zero-order chi connectivity index (χ0) is 12.7. The van der Waals surface area contributed by atoms with Crippen LogP contribution in [0.2, 0.25) is 0 Å². The first-order valence-corrected chi connectivity index (χ1v) is 6.66. The lowest BCUT2D eigenvalue weighted by atomic mass is 9.99. The van der Waals surface area contributed by atoms with E-state index in [-0.39, 0.29) is 6.04 Å². The number of hydrogen-bond acceptors (Lipinski definition) is 4. The van der Waals surface area contributed by atoms with Crippen molar-refractivity contribution >= 4 is 0 Å². The second-order valence-corrected chi connectivity index (χ2v) is 4.65. The molecule has 98 valence electrons. The number of rotatable bonds is 8. The normalized spacial score (nSPS) is 14.8. The van der Waals surface area contributed by atoms with Crippen LogP contribution in [0.25, 0.3) is 0 Å². The first kappa shape index (κ1) is 14.1. The predicted molar refractivity (Wildman–Crippen MR) is 68.6 cm³/mol. The molecule has 0 aliphatic carbocycles. The standard InChI is InChI=1S/C12H25N5/c1-5-7-8-11(6-2)9-17-12(10(3)13-4)14-15-16-17/h10-11,13H,5-9H2,1-4H3. The van der Waals surface area contributed by atoms with Gasteiger partial charge in [0.1, 0.15) is 0 Å². The number of nitrogens with one attached hydrogen (secondary N) is 1. The molecule has 0 amide bonds. The summed E-state index contributed by atoms with van der Waals surface area (Å²) in [6, 6.07) is 0.202. The Morgan fingerprint density at radius 1 is 1.35 bits per heavy atom. The van der Waals surface area contributed by atoms with Gasteiger partial charge < -0.3 is 5.32 Å². The zero-order valence-corrected chi connectivity index (χ0v) is 11.5. The molecule has 0 bridgehead atoms. The SMILES string of the molecule is CCCCC(CC)Cn1nnnc1C(C)NC. The Balaban J connectivity index is 2.62. The maximum atomic E-state index is 4.10. The van der Waals surface area contributed by atoms with Crippen LogP contribution >= 0.6 is 0 Å². The van der Waals surface area contributed by atoms with E-state index in [0.29, 0.717) is 5.92 Å². The minimum absolute atomic E-state index is 0.202. The van der Waals surface area contributed by atoms with Crippen molar-refractivity contribution in [2.24, 2.45) is 5.92 Å². The van der Waals surface area contributed by atoms with Crippen molar-refractivity contribution in [2.45, 2.75) is 59.0 Å². The fourth-order valence-electron chi connectivity index (χ4n) is 1.94. The number of hydrogen-bond donors (Lipinski definition) is 1. The maximum absolute atomic E-state index is 4.10. The maximum Gasteiger partial charge on any atom is 0.167 e. The molecule has 0 aliphatic heterocycles. The number of aromatic nitrogens is 4. The van der Waals surface area contributed by atoms with Gasteiger partial charge in [-0.1, -0.05) is 33.1 Å². The van der Waals surface area contributed by atoms with Crippen LogP contribution in [0.1, 0.15) is 58.3 Å². The van der Waals surface area contributed by atoms with Crippen LogP contribution in [-0.2, 0) is 6.54 Å². The van der Waals surface area contributed by atoms with E-state index in [0.717, 1.165) is 12.4 Å². The summed E-state index contributed by atoms with van der Waals surface area (Å²) in [7, 11) is 1.93. The fraction of sp³-hybridized carbons (Fsp3) is 0.917. The van der Waals surface area contributed by atoms with Crippen LogP contribution in [-0.4, -0.2) is 27.3 Å². The molecule has 0 aromatic carbocycles. The number of unbranched alkanes of at least 4 members (excludes halogenated alkanes) is 1. The largest absolute Gasteiger partial charge is 0.311 e. The average Bonchev–Trinajstić information content (AvgIpc) is 2.81. The summed E-state index contributed by atoms with van der Waals surface area (Å²) in [4.78, 5) is 0. The molecule has 5 heteroatoms. The fourth-order valence-corrected chi connectivity index (χ4v) is 1.94. The Hall–Kier alpha value is -0.970. The molecule has 0 fully saturated rings. The molecule has 1 heterocycles. The smallest absolute Gasteiger partial charge is 0.167 e. The highest BCUT2D eigenvalue weighted by atomic mass is 15.5. The first-order chi connectivity index (χ1) is 8.22. The summed E-state index contributed by atoms with van der Waals surface area (Å²) in [5.41, 5.74) is 0. The van der Waals surface area contributed by atoms with Gasteiger partial charge in [0.2, 0.25) is 0 Å². The molecule has 1 aromatic rings. The van der Waals surface area contributed by atoms with Gasteiger partial charge in [-0.25, -0.2) is 4.68 Å². The van der Waals surface area contributed by atoms with E-state index in [9.17, 15) is 0 Å². The van der Waals surface area contributed by atoms with E-state index in [4.69, 9.17) is 0 Å². The second-order valence-electron chi connectivity index (χ2n) is 4.65. The van der Waals surface area contributed by atoms with Crippen LogP contribution in [0.4, 0.5) is 0 Å². The van der Waals surface area contributed by atoms with Gasteiger partial charge in [-0.15, -0.1) is 5.10 Å². The van der Waals surface area contributed by atoms with Crippen molar-refractivity contribution < 1.29 is 0 Å². The van der Waals surface area contributed by atoms with E-state index in [1.54, 1.807) is 0 Å². The van der Waals surface area contributed by atoms with Crippen molar-refractivity contribution in [3.8, 4) is 0 Å². The Bertz CT molecular complexity index is 310. The molecule has 0 aliphatic rings. The molecule has 5 nitrogen and oxygen atoms in total. The molecular formula is C12H25N5. The Kier molecular flexibility index (Phi) is 6.11. The lowest BCUT2D eigenvalue weighted by Gasteiger charge is -2.16. The average molecular weight is 239 g/mol. The van der Waals surface area contributed by atoms with Gasteiger partial charge >= 0.3 is 0 Å². The topological polar surface area (TPSA) is 55.6 Å². The Labute approximate surface area is 104 Å². The van der Waals surface area contributed by atoms with Gasteiger partial charge in [0.05, 0.1) is 6.04 Å². The predicted octanol–water partition coefficient (Wildman–Crippen LogP) is 2.17. The summed E-state index contributed by atoms with van der Waals surface area (Å²) >= 11 is 0. The third-order valence-corrected chi connectivity index (χ3v) is 3.35. The number of nitrogens with zero attached hydrogens (tertiary/aromatic N) is 4. The van der Waals surface area contributed by atoms with E-state index in [2.05, 4.69) is 41.6 Å². The van der Waals surface area contributed by atoms with Gasteiger partial charge in [-0.3, -0.25) is 0 Å². The van der Waals surface area contributed by atoms with Gasteiger partial charge in [0.15, 0.2) is 5.82 Å². The molecule has 0 saturated heterocycles. The van der Waals surface area contributed by atoms with Gasteiger partial charge in [-0.2, -0.15) is 0 Å². The van der Waals surface area contributed by atoms with Crippen LogP contribution < -0.4 is 5.32 Å². The van der Waals surface area contributed by atoms with E-state index in [1.807, 2.05) is 11.7 Å². The van der Waals surface area contributed by atoms with Crippen LogP contribution in [0.5, 0.6) is 0 Å². The molecule has 2 unspecified atom stereocenters. The molecule has 1 rings (SSSR count). The van der Waals surface area contributed by atoms with Crippen molar-refractivity contribution in [1.29, 1.82) is 0 Å². The molecular weight excluding hydrogens is 214 g/mol. The minimum Gasteiger partial charge on any atom is -0.311 e. The van der Waals surface area contributed by atoms with Gasteiger partial charge in [0, 0.05) is 6.54 Å². The van der Waals surface area contributed by atoms with Gasteiger partial charge in [-0.05, 0) is 36.7 Å². The highest BCUT2D eigenvalue weighted by molar-refractivity contribution is 4.89. The molecule has 17 heavy (non-hydrogen) atoms. The highest BCUT2D eigenvalue weighted by Crippen LogP contribution is 2.16. The van der Waals surface area contributed by atoms with E-state index >= 15 is 0 Å². The molecule has 0 saturated carbocycles. The van der Waals surface area contributed by atoms with Crippen molar-refractivity contribution in [3.63, 3.8) is 0 Å². The zero-order valence-electron chi connectivity index (χ0n) is 11.5. The summed E-state index contributed by atoms with van der Waals surface area (Å²) in [5, 5.41) is 15.2. The third-order valence-electron chi connectivity index (χ3n) is 3.35. The summed E-state index contributed by atoms with van der Waals surface area (Å²) < 4.78 is 1.95. The van der Waals surface area contributed by atoms with Crippen LogP contribution in [0.15, 0.2) is 0 Å². The lowest BCUT2D eigenvalue weighted by molar-refractivity contribution is 0.354. The molecule has 0 spiro atoms. The van der Waals surface area contributed by atoms with Crippen molar-refractivity contribution in [3.05, 3.63) is 5.82 Å². The summed E-state index contributed by atoms with van der Waals surface area (Å²) in [6.45, 7) is 7.49. The minimum atomic E-state index is 0.202.